The summed E-state index contributed by atoms with van der Waals surface area (Å²) in [6, 6.07) is 0. The van der Waals surface area contributed by atoms with Gasteiger partial charge in [0.2, 0.25) is 6.29 Å². The van der Waals surface area contributed by atoms with Crippen molar-refractivity contribution < 1.29 is 126 Å². The van der Waals surface area contributed by atoms with Crippen LogP contribution in [0, 0.1) is 22.7 Å². The smallest absolute Gasteiger partial charge is 0.333 e. The molecule has 0 aromatic rings. The van der Waals surface area contributed by atoms with E-state index in [1.54, 1.807) is 6.26 Å². The van der Waals surface area contributed by atoms with Crippen LogP contribution in [0.15, 0.2) is 12.2 Å². The highest BCUT2D eigenvalue weighted by atomic mass is 32.2. The number of carboxylic acids is 4. The van der Waals surface area contributed by atoms with Crippen molar-refractivity contribution in [2.75, 3.05) is 134 Å². The predicted octanol–water partition coefficient (Wildman–Crippen LogP) is 4.41. The van der Waals surface area contributed by atoms with Crippen molar-refractivity contribution in [3.8, 4) is 0 Å². The molecular weight excluding hydrogens is 1200 g/mol. The fraction of sp³-hybridized carbons (Fsp3) is 0.776. The molecule has 0 aliphatic carbocycles. The van der Waals surface area contributed by atoms with Gasteiger partial charge in [0.15, 0.2) is 6.61 Å². The van der Waals surface area contributed by atoms with E-state index in [1.165, 1.54) is 63.5 Å². The highest BCUT2D eigenvalue weighted by Gasteiger charge is 2.42. The number of hydrogen-bond acceptors (Lipinski definition) is 28. The first-order valence-corrected chi connectivity index (χ1v) is 32.2. The lowest BCUT2D eigenvalue weighted by molar-refractivity contribution is -0.274. The summed E-state index contributed by atoms with van der Waals surface area (Å²) < 4.78 is 34.2. The van der Waals surface area contributed by atoms with Crippen LogP contribution in [0.2, 0.25) is 0 Å². The Hall–Kier alpha value is -3.25. The van der Waals surface area contributed by atoms with E-state index in [0.717, 1.165) is 35.3 Å². The molecule has 468 valence electrons. The summed E-state index contributed by atoms with van der Waals surface area (Å²) in [6.07, 6.45) is 2.62. The average Bonchev–Trinajstić information content (AvgIpc) is 3.47. The first-order valence-electron chi connectivity index (χ1n) is 24.9. The molecule has 32 heteroatoms. The summed E-state index contributed by atoms with van der Waals surface area (Å²) in [5.41, 5.74) is -2.32. The summed E-state index contributed by atoms with van der Waals surface area (Å²) in [6.45, 7) is 2.98. The Balaban J connectivity index is 7.11. The van der Waals surface area contributed by atoms with Gasteiger partial charge in [-0.05, 0) is 45.0 Å². The van der Waals surface area contributed by atoms with Crippen LogP contribution in [-0.4, -0.2) is 235 Å². The number of carboxylic acid groups (broad SMARTS) is 4. The lowest BCUT2D eigenvalue weighted by Gasteiger charge is -2.40. The van der Waals surface area contributed by atoms with Gasteiger partial charge >= 0.3 is 53.7 Å². The van der Waals surface area contributed by atoms with Crippen LogP contribution in [0.1, 0.15) is 58.3 Å². The molecule has 0 saturated carbocycles. The van der Waals surface area contributed by atoms with Crippen molar-refractivity contribution in [2.24, 2.45) is 22.7 Å². The molecule has 0 saturated heterocycles. The number of aliphatic hydroxyl groups excluding tert-OH is 1. The number of hydrogen-bond donors (Lipinski definition) is 5. The molecule has 0 amide bonds. The standard InChI is InChI=1S/C49H80O26S6/c1-32(2)47(63)68-23-43(57)75-44(58)26-81-14-11-40(54)69-29-48(17-35(76-6)20-72-64-3,18-36(77-7)21-73-65-4)27-67-28-49(19-37(78-8)22-74-66-5,30-70-41(55)9-12-79-24-33(45(59)60)15-38(50)51)31-71-42(56)10-13-80-25-34(46(61)62)16-39(52)53/h33-37,43,57H,1,9-31H2,2-8H3,(H,50,51)(H,52,53)(H,59,60)(H,61,62). The van der Waals surface area contributed by atoms with Crippen LogP contribution in [0.3, 0.4) is 0 Å². The normalized spacial score (nSPS) is 15.1. The largest absolute Gasteiger partial charge is 0.481 e. The van der Waals surface area contributed by atoms with E-state index >= 15 is 0 Å². The third-order valence-corrected chi connectivity index (χ3v) is 17.4. The van der Waals surface area contributed by atoms with Gasteiger partial charge in [-0.3, -0.25) is 38.4 Å². The van der Waals surface area contributed by atoms with Crippen molar-refractivity contribution in [1.29, 1.82) is 0 Å². The van der Waals surface area contributed by atoms with E-state index in [0.29, 0.717) is 0 Å². The molecule has 0 spiro atoms. The van der Waals surface area contributed by atoms with Crippen molar-refractivity contribution in [1.82, 2.24) is 0 Å². The lowest BCUT2D eigenvalue weighted by atomic mass is 9.79. The Morgan fingerprint density at radius 3 is 1.23 bits per heavy atom. The predicted molar refractivity (Wildman–Crippen MR) is 304 cm³/mol. The zero-order valence-corrected chi connectivity index (χ0v) is 51.6. The quantitative estimate of drug-likeness (QED) is 0.0107. The van der Waals surface area contributed by atoms with Crippen LogP contribution < -0.4 is 0 Å². The second-order valence-corrected chi connectivity index (χ2v) is 24.9. The number of rotatable bonds is 53. The number of esters is 5. The summed E-state index contributed by atoms with van der Waals surface area (Å²) >= 11 is 7.38. The molecule has 5 N–H and O–H groups in total. The second-order valence-electron chi connectivity index (χ2n) is 18.1. The zero-order chi connectivity index (χ0) is 61.2. The summed E-state index contributed by atoms with van der Waals surface area (Å²) in [7, 11) is 4.03. The number of aliphatic hydroxyl groups is 1. The maximum Gasteiger partial charge on any atom is 0.333 e. The van der Waals surface area contributed by atoms with E-state index < -0.39 is 121 Å². The van der Waals surface area contributed by atoms with Gasteiger partial charge in [-0.25, -0.2) is 34.1 Å². The third-order valence-electron chi connectivity index (χ3n) is 11.3. The molecule has 0 heterocycles. The minimum absolute atomic E-state index is 0.00878. The molecule has 0 aliphatic rings. The Morgan fingerprint density at radius 2 is 0.877 bits per heavy atom. The molecule has 0 aromatic heterocycles. The van der Waals surface area contributed by atoms with Gasteiger partial charge < -0.3 is 54.0 Å². The third kappa shape index (κ3) is 38.3. The molecule has 6 atom stereocenters. The van der Waals surface area contributed by atoms with Crippen molar-refractivity contribution in [2.45, 2.75) is 80.3 Å². The number of ether oxygens (including phenoxy) is 6. The minimum atomic E-state index is -1.72. The zero-order valence-electron chi connectivity index (χ0n) is 46.7. The van der Waals surface area contributed by atoms with Crippen molar-refractivity contribution >= 4 is 124 Å². The first kappa shape index (κ1) is 77.8. The maximum absolute atomic E-state index is 13.5. The molecule has 6 unspecified atom stereocenters. The van der Waals surface area contributed by atoms with Crippen molar-refractivity contribution in [3.63, 3.8) is 0 Å². The lowest BCUT2D eigenvalue weighted by Crippen LogP contribution is -2.45. The fourth-order valence-electron chi connectivity index (χ4n) is 7.00. The Kier molecular flexibility index (Phi) is 44.2. The van der Waals surface area contributed by atoms with Crippen LogP contribution in [0.25, 0.3) is 0 Å². The molecule has 0 fully saturated rings. The van der Waals surface area contributed by atoms with Gasteiger partial charge in [-0.1, -0.05) is 6.58 Å². The van der Waals surface area contributed by atoms with Gasteiger partial charge in [0.1, 0.15) is 13.2 Å². The highest BCUT2D eigenvalue weighted by Crippen LogP contribution is 2.39. The molecule has 81 heavy (non-hydrogen) atoms. The van der Waals surface area contributed by atoms with Gasteiger partial charge in [0, 0.05) is 55.5 Å². The van der Waals surface area contributed by atoms with Gasteiger partial charge in [-0.15, -0.1) is 11.8 Å². The molecule has 0 bridgehead atoms. The molecule has 0 aromatic carbocycles. The monoisotopic (exact) mass is 1280 g/mol. The number of aliphatic carboxylic acids is 4. The number of carbonyl (C=O) groups is 9. The Bertz CT molecular complexity index is 1820. The van der Waals surface area contributed by atoms with E-state index in [1.807, 2.05) is 12.5 Å². The summed E-state index contributed by atoms with van der Waals surface area (Å²) in [5, 5.41) is 46.2. The van der Waals surface area contributed by atoms with E-state index in [9.17, 15) is 58.5 Å². The van der Waals surface area contributed by atoms with Crippen LogP contribution in [0.4, 0.5) is 0 Å². The van der Waals surface area contributed by atoms with Gasteiger partial charge in [0.25, 0.3) is 0 Å². The fourth-order valence-corrected chi connectivity index (χ4v) is 11.9. The SMILES string of the molecule is C=C(C)C(=O)OCC(O)OC(=O)CSCCC(=O)OCC(COCC(COC(=O)CCSCC(CC(=O)O)C(=O)O)(COC(=O)CCSCC(CC(=O)O)C(=O)O)CC(COOC)SC)(CC(COOC)SC)CC(COOC)SC. The average molecular weight is 1280 g/mol. The van der Waals surface area contributed by atoms with Crippen LogP contribution >= 0.6 is 70.6 Å². The molecule has 26 nitrogen and oxygen atoms in total. The first-order chi connectivity index (χ1) is 38.4. The second kappa shape index (κ2) is 46.1. The number of thioether (sulfide) groups is 6. The number of carbonyl (C=O) groups excluding carboxylic acids is 5. The van der Waals surface area contributed by atoms with E-state index in [2.05, 4.69) is 6.58 Å². The molecule has 0 rings (SSSR count). The molecule has 0 radical (unpaired) electrons. The summed E-state index contributed by atoms with van der Waals surface area (Å²) in [4.78, 5) is 141. The maximum atomic E-state index is 13.5. The minimum Gasteiger partial charge on any atom is -0.481 e. The Morgan fingerprint density at radius 1 is 0.506 bits per heavy atom. The van der Waals surface area contributed by atoms with E-state index in [4.69, 9.17) is 68.0 Å². The van der Waals surface area contributed by atoms with Gasteiger partial charge in [-0.2, -0.15) is 58.8 Å². The summed E-state index contributed by atoms with van der Waals surface area (Å²) in [5.74, 6) is -11.5. The Labute approximate surface area is 497 Å². The van der Waals surface area contributed by atoms with Crippen molar-refractivity contribution in [3.05, 3.63) is 12.2 Å². The van der Waals surface area contributed by atoms with E-state index in [-0.39, 0.29) is 129 Å². The highest BCUT2D eigenvalue weighted by molar-refractivity contribution is 8.00. The molecular formula is C49H80O26S6. The van der Waals surface area contributed by atoms with Crippen LogP contribution in [0.5, 0.6) is 0 Å². The van der Waals surface area contributed by atoms with Crippen LogP contribution in [-0.2, 0) is 101 Å². The molecule has 0 aliphatic heterocycles. The van der Waals surface area contributed by atoms with Gasteiger partial charge in [0.05, 0.1) is 116 Å². The topological polar surface area (TPSA) is 366 Å².